The summed E-state index contributed by atoms with van der Waals surface area (Å²) in [5.74, 6) is 1.19. The molecule has 1 aliphatic rings. The summed E-state index contributed by atoms with van der Waals surface area (Å²) < 4.78 is 27.3. The summed E-state index contributed by atoms with van der Waals surface area (Å²) >= 11 is 7.95. The second-order valence-corrected chi connectivity index (χ2v) is 10.6. The van der Waals surface area contributed by atoms with Gasteiger partial charge < -0.3 is 5.32 Å². The third-order valence-corrected chi connectivity index (χ3v) is 8.04. The summed E-state index contributed by atoms with van der Waals surface area (Å²) in [6, 6.07) is 14.3. The number of halogens is 1. The minimum absolute atomic E-state index is 0.0712. The Morgan fingerprint density at radius 1 is 1.17 bits per heavy atom. The number of hydrogen-bond acceptors (Lipinski definition) is 4. The normalized spacial score (nSPS) is 16.3. The number of carbonyl (C=O) groups excluding carboxylic acids is 1. The predicted octanol–water partition coefficient (Wildman–Crippen LogP) is 3.83. The van der Waals surface area contributed by atoms with Crippen LogP contribution in [-0.2, 0) is 16.4 Å². The number of thioether (sulfide) groups is 1. The Morgan fingerprint density at radius 2 is 1.86 bits per heavy atom. The average Bonchev–Trinajstić information content (AvgIpc) is 2.73. The van der Waals surface area contributed by atoms with E-state index in [0.717, 1.165) is 24.3 Å². The maximum absolute atomic E-state index is 12.9. The Morgan fingerprint density at radius 3 is 2.55 bits per heavy atom. The van der Waals surface area contributed by atoms with E-state index in [4.69, 9.17) is 11.6 Å². The maximum Gasteiger partial charge on any atom is 0.253 e. The van der Waals surface area contributed by atoms with E-state index in [1.165, 1.54) is 28.1 Å². The number of rotatable bonds is 7. The Bertz CT molecular complexity index is 946. The van der Waals surface area contributed by atoms with Crippen LogP contribution < -0.4 is 5.32 Å². The first-order chi connectivity index (χ1) is 13.9. The Hall–Kier alpha value is -1.54. The molecule has 1 fully saturated rings. The molecule has 2 aromatic rings. The molecule has 1 aliphatic heterocycles. The third kappa shape index (κ3) is 5.75. The Labute approximate surface area is 181 Å². The molecular formula is C21H25ClN2O3S2. The summed E-state index contributed by atoms with van der Waals surface area (Å²) in [7, 11) is -3.63. The molecule has 1 saturated heterocycles. The summed E-state index contributed by atoms with van der Waals surface area (Å²) in [4.78, 5) is 12.8. The quantitative estimate of drug-likeness (QED) is 0.693. The van der Waals surface area contributed by atoms with Crippen LogP contribution in [0.1, 0.15) is 29.3 Å². The number of nitrogens with zero attached hydrogens (tertiary/aromatic N) is 1. The van der Waals surface area contributed by atoms with Crippen molar-refractivity contribution in [2.75, 3.05) is 24.6 Å². The first-order valence-corrected chi connectivity index (χ1v) is 12.6. The number of sulfonamides is 1. The molecular weight excluding hydrogens is 428 g/mol. The van der Waals surface area contributed by atoms with Gasteiger partial charge >= 0.3 is 0 Å². The summed E-state index contributed by atoms with van der Waals surface area (Å²) in [6.07, 6.45) is 1.62. The SMILES string of the molecule is CC(CCc1ccccc1)NC(=O)c1cc(S(=O)(=O)N2CCSCC2)ccc1Cl. The monoisotopic (exact) mass is 452 g/mol. The van der Waals surface area contributed by atoms with Crippen molar-refractivity contribution in [3.63, 3.8) is 0 Å². The predicted molar refractivity (Wildman–Crippen MR) is 119 cm³/mol. The van der Waals surface area contributed by atoms with E-state index in [-0.39, 0.29) is 27.4 Å². The number of hydrogen-bond donors (Lipinski definition) is 1. The first kappa shape index (κ1) is 22.2. The van der Waals surface area contributed by atoms with Crippen LogP contribution in [0.25, 0.3) is 0 Å². The smallest absolute Gasteiger partial charge is 0.253 e. The molecule has 0 bridgehead atoms. The highest BCUT2D eigenvalue weighted by Gasteiger charge is 2.27. The van der Waals surface area contributed by atoms with E-state index in [9.17, 15) is 13.2 Å². The van der Waals surface area contributed by atoms with Crippen molar-refractivity contribution < 1.29 is 13.2 Å². The molecule has 8 heteroatoms. The number of nitrogens with one attached hydrogen (secondary N) is 1. The van der Waals surface area contributed by atoms with Gasteiger partial charge in [-0.05, 0) is 43.5 Å². The summed E-state index contributed by atoms with van der Waals surface area (Å²) in [5, 5.41) is 3.17. The molecule has 0 radical (unpaired) electrons. The molecule has 0 spiro atoms. The van der Waals surface area contributed by atoms with Gasteiger partial charge in [-0.1, -0.05) is 41.9 Å². The van der Waals surface area contributed by atoms with Crippen molar-refractivity contribution in [3.05, 3.63) is 64.7 Å². The molecule has 2 aromatic carbocycles. The number of aryl methyl sites for hydroxylation is 1. The van der Waals surface area contributed by atoms with Crippen LogP contribution in [0.5, 0.6) is 0 Å². The minimum Gasteiger partial charge on any atom is -0.350 e. The maximum atomic E-state index is 12.9. The van der Waals surface area contributed by atoms with Crippen LogP contribution in [-0.4, -0.2) is 49.3 Å². The van der Waals surface area contributed by atoms with Crippen molar-refractivity contribution in [2.45, 2.75) is 30.7 Å². The number of amides is 1. The average molecular weight is 453 g/mol. The van der Waals surface area contributed by atoms with E-state index in [1.807, 2.05) is 25.1 Å². The highest BCUT2D eigenvalue weighted by Crippen LogP contribution is 2.25. The van der Waals surface area contributed by atoms with Gasteiger partial charge in [0.05, 0.1) is 15.5 Å². The fraction of sp³-hybridized carbons (Fsp3) is 0.381. The number of carbonyl (C=O) groups is 1. The first-order valence-electron chi connectivity index (χ1n) is 9.60. The number of benzene rings is 2. The van der Waals surface area contributed by atoms with E-state index in [2.05, 4.69) is 17.4 Å². The summed E-state index contributed by atoms with van der Waals surface area (Å²) in [6.45, 7) is 2.89. The third-order valence-electron chi connectivity index (χ3n) is 4.88. The van der Waals surface area contributed by atoms with E-state index < -0.39 is 10.0 Å². The Balaban J connectivity index is 1.69. The largest absolute Gasteiger partial charge is 0.350 e. The van der Waals surface area contributed by atoms with Crippen molar-refractivity contribution in [1.29, 1.82) is 0 Å². The van der Waals surface area contributed by atoms with Gasteiger partial charge in [0.25, 0.3) is 5.91 Å². The van der Waals surface area contributed by atoms with E-state index >= 15 is 0 Å². The van der Waals surface area contributed by atoms with Gasteiger partial charge in [0, 0.05) is 30.6 Å². The molecule has 1 amide bonds. The van der Waals surface area contributed by atoms with Crippen molar-refractivity contribution in [1.82, 2.24) is 9.62 Å². The fourth-order valence-corrected chi connectivity index (χ4v) is 5.98. The highest BCUT2D eigenvalue weighted by atomic mass is 35.5. The van der Waals surface area contributed by atoms with Gasteiger partial charge in [-0.15, -0.1) is 0 Å². The van der Waals surface area contributed by atoms with E-state index in [1.54, 1.807) is 11.8 Å². The molecule has 3 rings (SSSR count). The van der Waals surface area contributed by atoms with Crippen LogP contribution in [0.2, 0.25) is 5.02 Å². The zero-order valence-corrected chi connectivity index (χ0v) is 18.7. The van der Waals surface area contributed by atoms with Gasteiger partial charge in [-0.3, -0.25) is 4.79 Å². The molecule has 1 heterocycles. The minimum atomic E-state index is -3.63. The second kappa shape index (κ2) is 9.98. The lowest BCUT2D eigenvalue weighted by molar-refractivity contribution is 0.0938. The lowest BCUT2D eigenvalue weighted by Gasteiger charge is -2.25. The summed E-state index contributed by atoms with van der Waals surface area (Å²) in [5.41, 5.74) is 1.39. The van der Waals surface area contributed by atoms with Crippen LogP contribution in [0, 0.1) is 0 Å². The van der Waals surface area contributed by atoms with Crippen molar-refractivity contribution in [3.8, 4) is 0 Å². The van der Waals surface area contributed by atoms with Gasteiger partial charge in [0.1, 0.15) is 0 Å². The second-order valence-electron chi connectivity index (χ2n) is 7.06. The van der Waals surface area contributed by atoms with Gasteiger partial charge in [-0.2, -0.15) is 16.1 Å². The van der Waals surface area contributed by atoms with Crippen LogP contribution in [0.3, 0.4) is 0 Å². The van der Waals surface area contributed by atoms with Crippen LogP contribution in [0.15, 0.2) is 53.4 Å². The molecule has 1 unspecified atom stereocenters. The molecule has 1 atom stereocenters. The molecule has 156 valence electrons. The fourth-order valence-electron chi connectivity index (χ4n) is 3.18. The molecule has 1 N–H and O–H groups in total. The zero-order valence-electron chi connectivity index (χ0n) is 16.3. The molecule has 5 nitrogen and oxygen atoms in total. The zero-order chi connectivity index (χ0) is 20.9. The van der Waals surface area contributed by atoms with Crippen molar-refractivity contribution in [2.24, 2.45) is 0 Å². The topological polar surface area (TPSA) is 66.5 Å². The molecule has 29 heavy (non-hydrogen) atoms. The lowest BCUT2D eigenvalue weighted by atomic mass is 10.1. The molecule has 0 aromatic heterocycles. The van der Waals surface area contributed by atoms with Gasteiger partial charge in [0.2, 0.25) is 10.0 Å². The van der Waals surface area contributed by atoms with Crippen molar-refractivity contribution >= 4 is 39.3 Å². The molecule has 0 saturated carbocycles. The highest BCUT2D eigenvalue weighted by molar-refractivity contribution is 7.99. The lowest BCUT2D eigenvalue weighted by Crippen LogP contribution is -2.38. The van der Waals surface area contributed by atoms with E-state index in [0.29, 0.717) is 13.1 Å². The van der Waals surface area contributed by atoms with Crippen LogP contribution in [0.4, 0.5) is 0 Å². The molecule has 0 aliphatic carbocycles. The van der Waals surface area contributed by atoms with Gasteiger partial charge in [0.15, 0.2) is 0 Å². The Kier molecular flexibility index (Phi) is 7.62. The van der Waals surface area contributed by atoms with Gasteiger partial charge in [-0.25, -0.2) is 8.42 Å². The standard InChI is InChI=1S/C21H25ClN2O3S2/c1-16(7-8-17-5-3-2-4-6-17)23-21(25)19-15-18(9-10-20(19)22)29(26,27)24-11-13-28-14-12-24/h2-6,9-10,15-16H,7-8,11-14H2,1H3,(H,23,25). The van der Waals surface area contributed by atoms with Crippen LogP contribution >= 0.6 is 23.4 Å².